The first-order valence-corrected chi connectivity index (χ1v) is 14.5. The van der Waals surface area contributed by atoms with E-state index in [1.54, 1.807) is 5.01 Å². The molecule has 0 amide bonds. The van der Waals surface area contributed by atoms with Crippen molar-refractivity contribution in [3.05, 3.63) is 51.6 Å². The molecule has 3 heteroatoms. The maximum absolute atomic E-state index is 5.94. The second-order valence-electron chi connectivity index (χ2n) is 11.6. The van der Waals surface area contributed by atoms with Gasteiger partial charge >= 0.3 is 0 Å². The molecule has 0 aliphatic heterocycles. The van der Waals surface area contributed by atoms with Crippen molar-refractivity contribution < 1.29 is 0 Å². The van der Waals surface area contributed by atoms with Gasteiger partial charge in [0.25, 0.3) is 0 Å². The van der Waals surface area contributed by atoms with Gasteiger partial charge in [-0.3, -0.25) is 5.84 Å². The molecule has 0 bridgehead atoms. The summed E-state index contributed by atoms with van der Waals surface area (Å²) in [4.78, 5) is 0. The Morgan fingerprint density at radius 3 is 1.94 bits per heavy atom. The Kier molecular flexibility index (Phi) is 21.4. The molecule has 3 aliphatic rings. The van der Waals surface area contributed by atoms with Crippen LogP contribution in [0.2, 0.25) is 0 Å². The van der Waals surface area contributed by atoms with Crippen molar-refractivity contribution in [1.29, 1.82) is 0 Å². The van der Waals surface area contributed by atoms with Gasteiger partial charge in [0.1, 0.15) is 0 Å². The highest BCUT2D eigenvalue weighted by Crippen LogP contribution is 2.53. The van der Waals surface area contributed by atoms with E-state index in [1.165, 1.54) is 69.8 Å². The van der Waals surface area contributed by atoms with Crippen LogP contribution in [-0.4, -0.2) is 32.2 Å². The van der Waals surface area contributed by atoms with Gasteiger partial charge in [-0.05, 0) is 99.5 Å². The molecule has 0 aromatic heterocycles. The molecule has 6 unspecified atom stereocenters. The van der Waals surface area contributed by atoms with Crippen molar-refractivity contribution in [3.8, 4) is 0 Å². The normalized spacial score (nSPS) is 30.6. The molecule has 3 rings (SSSR count). The summed E-state index contributed by atoms with van der Waals surface area (Å²) in [7, 11) is 3.89. The number of likely N-dealkylation sites (N-methyl/N-ethyl adjacent to an activating group) is 1. The van der Waals surface area contributed by atoms with Crippen molar-refractivity contribution in [3.63, 3.8) is 0 Å². The SMILES string of the molecule is C=C.C=C.C=C.C=C(CN(C)N)C1CCCC2CCC3CC(C)CCC3C2CCC1(C)C.CCNC. The van der Waals surface area contributed by atoms with E-state index in [0.717, 1.165) is 42.7 Å². The first-order chi connectivity index (χ1) is 17.2. The highest BCUT2D eigenvalue weighted by molar-refractivity contribution is 5.08. The minimum Gasteiger partial charge on any atom is -0.320 e. The summed E-state index contributed by atoms with van der Waals surface area (Å²) in [5.41, 5.74) is 1.71. The fraction of sp³-hybridized carbons (Fsp3) is 0.758. The first-order valence-electron chi connectivity index (χ1n) is 14.5. The van der Waals surface area contributed by atoms with Crippen LogP contribution in [0, 0.1) is 40.9 Å². The molecule has 0 radical (unpaired) electrons. The molecule has 3 fully saturated rings. The van der Waals surface area contributed by atoms with Crippen LogP contribution in [0.25, 0.3) is 0 Å². The molecular formula is C33H65N3. The average molecular weight is 504 g/mol. The van der Waals surface area contributed by atoms with E-state index in [1.807, 2.05) is 14.1 Å². The van der Waals surface area contributed by atoms with Gasteiger partial charge in [-0.2, -0.15) is 0 Å². The molecule has 0 saturated heterocycles. The standard InChI is InChI=1S/C24H44N2.C3H9N.3C2H4/c1-17-9-12-21-20(15-17)11-10-19-7-6-8-23(18(2)16-26(5)25)24(3,4)14-13-22(19)21;1-3-4-2;3*1-2/h17,19-23H,2,6-16,25H2,1,3-5H3;4H,3H2,1-2H3;3*1-2H2. The zero-order chi connectivity index (χ0) is 28.3. The number of nitrogens with zero attached hydrogens (tertiary/aromatic N) is 1. The van der Waals surface area contributed by atoms with E-state index in [0.29, 0.717) is 11.3 Å². The molecule has 36 heavy (non-hydrogen) atoms. The Morgan fingerprint density at radius 1 is 0.889 bits per heavy atom. The highest BCUT2D eigenvalue weighted by Gasteiger charge is 2.43. The number of nitrogens with one attached hydrogen (secondary N) is 1. The van der Waals surface area contributed by atoms with Crippen molar-refractivity contribution >= 4 is 0 Å². The summed E-state index contributed by atoms with van der Waals surface area (Å²) >= 11 is 0. The van der Waals surface area contributed by atoms with Gasteiger partial charge in [0.05, 0.1) is 0 Å². The van der Waals surface area contributed by atoms with Crippen LogP contribution in [0.3, 0.4) is 0 Å². The van der Waals surface area contributed by atoms with Crippen LogP contribution in [0.1, 0.15) is 91.9 Å². The lowest BCUT2D eigenvalue weighted by molar-refractivity contribution is 0.0243. The summed E-state index contributed by atoms with van der Waals surface area (Å²) in [5.74, 6) is 11.6. The Labute approximate surface area is 227 Å². The van der Waals surface area contributed by atoms with Gasteiger partial charge < -0.3 is 5.32 Å². The molecule has 0 aromatic carbocycles. The predicted molar refractivity (Wildman–Crippen MR) is 166 cm³/mol. The Balaban J connectivity index is 0. The average Bonchev–Trinajstić information content (AvgIpc) is 2.94. The van der Waals surface area contributed by atoms with Crippen molar-refractivity contribution in [2.24, 2.45) is 46.8 Å². The van der Waals surface area contributed by atoms with Gasteiger partial charge in [-0.25, -0.2) is 5.01 Å². The van der Waals surface area contributed by atoms with Crippen molar-refractivity contribution in [2.75, 3.05) is 27.2 Å². The van der Waals surface area contributed by atoms with Crippen LogP contribution in [0.4, 0.5) is 0 Å². The second kappa shape index (κ2) is 20.8. The minimum atomic E-state index is 0.358. The molecular weight excluding hydrogens is 438 g/mol. The molecule has 0 spiro atoms. The molecule has 212 valence electrons. The Bertz CT molecular complexity index is 548. The lowest BCUT2D eigenvalue weighted by Crippen LogP contribution is -2.39. The number of fused-ring (bicyclic) bond motifs is 3. The zero-order valence-electron chi connectivity index (χ0n) is 25.4. The largest absolute Gasteiger partial charge is 0.320 e. The van der Waals surface area contributed by atoms with Crippen molar-refractivity contribution in [2.45, 2.75) is 91.9 Å². The van der Waals surface area contributed by atoms with Crippen molar-refractivity contribution in [1.82, 2.24) is 10.3 Å². The van der Waals surface area contributed by atoms with Crippen LogP contribution in [0.15, 0.2) is 51.6 Å². The fourth-order valence-corrected chi connectivity index (χ4v) is 7.09. The number of hydrogen-bond acceptors (Lipinski definition) is 3. The van der Waals surface area contributed by atoms with E-state index in [9.17, 15) is 0 Å². The van der Waals surface area contributed by atoms with Gasteiger partial charge in [-0.15, -0.1) is 39.5 Å². The third-order valence-electron chi connectivity index (χ3n) is 8.80. The van der Waals surface area contributed by atoms with Gasteiger partial charge in [0.15, 0.2) is 0 Å². The summed E-state index contributed by atoms with van der Waals surface area (Å²) < 4.78 is 0. The lowest BCUT2D eigenvalue weighted by atomic mass is 9.58. The monoisotopic (exact) mass is 504 g/mol. The highest BCUT2D eigenvalue weighted by atomic mass is 15.4. The van der Waals surface area contributed by atoms with Gasteiger partial charge in [0, 0.05) is 13.6 Å². The summed E-state index contributed by atoms with van der Waals surface area (Å²) in [6, 6.07) is 0. The van der Waals surface area contributed by atoms with E-state index < -0.39 is 0 Å². The lowest BCUT2D eigenvalue weighted by Gasteiger charge is -2.48. The van der Waals surface area contributed by atoms with Crippen LogP contribution in [-0.2, 0) is 0 Å². The maximum atomic E-state index is 5.94. The topological polar surface area (TPSA) is 41.3 Å². The number of rotatable bonds is 4. The number of nitrogens with two attached hydrogens (primary N) is 1. The Hall–Kier alpha value is -1.16. The maximum Gasteiger partial charge on any atom is 0.0335 e. The third-order valence-corrected chi connectivity index (χ3v) is 8.80. The summed E-state index contributed by atoms with van der Waals surface area (Å²) in [5, 5.41) is 4.73. The van der Waals surface area contributed by atoms with E-state index in [-0.39, 0.29) is 0 Å². The number of hydrogen-bond donors (Lipinski definition) is 2. The van der Waals surface area contributed by atoms with Gasteiger partial charge in [0.2, 0.25) is 0 Å². The smallest absolute Gasteiger partial charge is 0.0335 e. The summed E-state index contributed by atoms with van der Waals surface area (Å²) in [6.45, 7) is 33.9. The summed E-state index contributed by atoms with van der Waals surface area (Å²) in [6.07, 6.45) is 14.5. The second-order valence-corrected chi connectivity index (χ2v) is 11.6. The predicted octanol–water partition coefficient (Wildman–Crippen LogP) is 8.67. The zero-order valence-corrected chi connectivity index (χ0v) is 25.4. The molecule has 3 N–H and O–H groups in total. The Morgan fingerprint density at radius 2 is 1.42 bits per heavy atom. The van der Waals surface area contributed by atoms with Crippen LogP contribution in [0.5, 0.6) is 0 Å². The minimum absolute atomic E-state index is 0.358. The van der Waals surface area contributed by atoms with E-state index in [2.05, 4.69) is 79.1 Å². The molecule has 6 atom stereocenters. The van der Waals surface area contributed by atoms with Gasteiger partial charge in [-0.1, -0.05) is 59.1 Å². The number of hydrazine groups is 1. The molecule has 0 aromatic rings. The van der Waals surface area contributed by atoms with Crippen LogP contribution >= 0.6 is 0 Å². The first kappa shape index (κ1) is 37.0. The van der Waals surface area contributed by atoms with E-state index in [4.69, 9.17) is 5.84 Å². The fourth-order valence-electron chi connectivity index (χ4n) is 7.09. The molecule has 3 aliphatic carbocycles. The third kappa shape index (κ3) is 12.4. The molecule has 0 heterocycles. The van der Waals surface area contributed by atoms with E-state index >= 15 is 0 Å². The quantitative estimate of drug-likeness (QED) is 0.229. The molecule has 3 nitrogen and oxygen atoms in total. The molecule has 3 saturated carbocycles. The van der Waals surface area contributed by atoms with Crippen LogP contribution < -0.4 is 11.2 Å².